The molecule has 0 spiro atoms. The molecular formula is C21H22N4O. The van der Waals surface area contributed by atoms with Gasteiger partial charge >= 0.3 is 0 Å². The van der Waals surface area contributed by atoms with E-state index >= 15 is 0 Å². The fourth-order valence-corrected chi connectivity index (χ4v) is 3.36. The van der Waals surface area contributed by atoms with Crippen molar-refractivity contribution in [2.45, 2.75) is 19.8 Å². The number of nitrogens with zero attached hydrogens (tertiary/aromatic N) is 3. The summed E-state index contributed by atoms with van der Waals surface area (Å²) in [4.78, 5) is 11.7. The van der Waals surface area contributed by atoms with Crippen molar-refractivity contribution in [2.24, 2.45) is 0 Å². The Hall–Kier alpha value is -3.08. The number of aromatic nitrogens is 2. The molecule has 2 aromatic carbocycles. The quantitative estimate of drug-likeness (QED) is 0.747. The molecule has 26 heavy (non-hydrogen) atoms. The van der Waals surface area contributed by atoms with E-state index in [1.165, 1.54) is 11.3 Å². The third-order valence-corrected chi connectivity index (χ3v) is 4.56. The molecular weight excluding hydrogens is 324 g/mol. The summed E-state index contributed by atoms with van der Waals surface area (Å²) in [6.07, 6.45) is 2.20. The number of methoxy groups -OCH3 is 1. The largest absolute Gasteiger partial charge is 0.495 e. The lowest BCUT2D eigenvalue weighted by molar-refractivity contribution is 0.417. The van der Waals surface area contributed by atoms with Crippen LogP contribution >= 0.6 is 0 Å². The van der Waals surface area contributed by atoms with Crippen molar-refractivity contribution in [1.29, 1.82) is 0 Å². The highest BCUT2D eigenvalue weighted by Crippen LogP contribution is 2.33. The number of hydrogen-bond donors (Lipinski definition) is 1. The molecule has 2 heterocycles. The van der Waals surface area contributed by atoms with E-state index in [2.05, 4.69) is 39.5 Å². The fourth-order valence-electron chi connectivity index (χ4n) is 3.36. The number of benzene rings is 2. The smallest absolute Gasteiger partial charge is 0.232 e. The van der Waals surface area contributed by atoms with E-state index in [9.17, 15) is 0 Å². The monoisotopic (exact) mass is 346 g/mol. The molecule has 0 radical (unpaired) electrons. The Bertz CT molecular complexity index is 925. The van der Waals surface area contributed by atoms with Gasteiger partial charge in [-0.1, -0.05) is 30.3 Å². The Kier molecular flexibility index (Phi) is 4.44. The minimum atomic E-state index is 0.731. The van der Waals surface area contributed by atoms with Gasteiger partial charge in [0.05, 0.1) is 12.8 Å². The highest BCUT2D eigenvalue weighted by atomic mass is 16.5. The third-order valence-electron chi connectivity index (χ3n) is 4.56. The first kappa shape index (κ1) is 16.4. The maximum absolute atomic E-state index is 5.42. The Balaban J connectivity index is 1.70. The fraction of sp³-hybridized carbons (Fsp3) is 0.238. The Labute approximate surface area is 153 Å². The van der Waals surface area contributed by atoms with Crippen LogP contribution in [0.15, 0.2) is 54.6 Å². The maximum Gasteiger partial charge on any atom is 0.232 e. The number of anilines is 4. The van der Waals surface area contributed by atoms with Gasteiger partial charge in [-0.25, -0.2) is 4.98 Å². The van der Waals surface area contributed by atoms with Crippen LogP contribution in [-0.2, 0) is 6.42 Å². The van der Waals surface area contributed by atoms with E-state index in [0.717, 1.165) is 48.3 Å². The predicted molar refractivity (Wildman–Crippen MR) is 105 cm³/mol. The molecule has 0 saturated heterocycles. The van der Waals surface area contributed by atoms with Crippen LogP contribution in [0.25, 0.3) is 0 Å². The Morgan fingerprint density at radius 1 is 1.04 bits per heavy atom. The van der Waals surface area contributed by atoms with Crippen LogP contribution in [-0.4, -0.2) is 23.6 Å². The molecule has 0 fully saturated rings. The SMILES string of the molecule is COc1ccccc1Nc1cc(C)nc(N2CCCc3ccccc32)n1. The molecule has 0 unspecified atom stereocenters. The van der Waals surface area contributed by atoms with Crippen LogP contribution in [0.2, 0.25) is 0 Å². The van der Waals surface area contributed by atoms with Gasteiger partial charge in [-0.2, -0.15) is 4.98 Å². The molecule has 1 aliphatic heterocycles. The van der Waals surface area contributed by atoms with Gasteiger partial charge in [-0.05, 0) is 43.5 Å². The highest BCUT2D eigenvalue weighted by molar-refractivity contribution is 5.67. The second-order valence-electron chi connectivity index (χ2n) is 6.40. The molecule has 132 valence electrons. The van der Waals surface area contributed by atoms with Crippen molar-refractivity contribution in [3.8, 4) is 5.75 Å². The number of fused-ring (bicyclic) bond motifs is 1. The molecule has 5 heteroatoms. The number of aryl methyl sites for hydroxylation is 2. The van der Waals surface area contributed by atoms with E-state index in [0.29, 0.717) is 0 Å². The molecule has 3 aromatic rings. The summed E-state index contributed by atoms with van der Waals surface area (Å²) < 4.78 is 5.42. The predicted octanol–water partition coefficient (Wildman–Crippen LogP) is 4.62. The minimum absolute atomic E-state index is 0.731. The molecule has 0 saturated carbocycles. The van der Waals surface area contributed by atoms with Crippen LogP contribution in [0.5, 0.6) is 5.75 Å². The van der Waals surface area contributed by atoms with Gasteiger partial charge in [0.2, 0.25) is 5.95 Å². The Morgan fingerprint density at radius 2 is 1.85 bits per heavy atom. The lowest BCUT2D eigenvalue weighted by Crippen LogP contribution is -2.26. The summed E-state index contributed by atoms with van der Waals surface area (Å²) >= 11 is 0. The van der Waals surface area contributed by atoms with Crippen molar-refractivity contribution >= 4 is 23.1 Å². The second kappa shape index (κ2) is 7.04. The molecule has 1 N–H and O–H groups in total. The van der Waals surface area contributed by atoms with Gasteiger partial charge in [0.1, 0.15) is 11.6 Å². The van der Waals surface area contributed by atoms with Crippen molar-refractivity contribution < 1.29 is 4.74 Å². The van der Waals surface area contributed by atoms with Gasteiger partial charge < -0.3 is 15.0 Å². The molecule has 0 aliphatic carbocycles. The number of nitrogens with one attached hydrogen (secondary N) is 1. The molecule has 0 bridgehead atoms. The summed E-state index contributed by atoms with van der Waals surface area (Å²) in [5, 5.41) is 3.36. The second-order valence-corrected chi connectivity index (χ2v) is 6.40. The average Bonchev–Trinajstić information content (AvgIpc) is 2.67. The summed E-state index contributed by atoms with van der Waals surface area (Å²) in [5.41, 5.74) is 4.37. The molecule has 0 atom stereocenters. The number of ether oxygens (including phenoxy) is 1. The standard InChI is InChI=1S/C21H22N4O/c1-15-14-20(23-17-10-4-6-12-19(17)26-2)24-21(22-15)25-13-7-9-16-8-3-5-11-18(16)25/h3-6,8,10-12,14H,7,9,13H2,1-2H3,(H,22,23,24). The van der Waals surface area contributed by atoms with Gasteiger partial charge in [0.25, 0.3) is 0 Å². The van der Waals surface area contributed by atoms with E-state index in [1.807, 2.05) is 37.3 Å². The number of rotatable bonds is 4. The van der Waals surface area contributed by atoms with Gasteiger partial charge in [-0.15, -0.1) is 0 Å². The average molecular weight is 346 g/mol. The van der Waals surface area contributed by atoms with Crippen LogP contribution in [0.4, 0.5) is 23.1 Å². The van der Waals surface area contributed by atoms with Crippen LogP contribution < -0.4 is 15.0 Å². The maximum atomic E-state index is 5.42. The van der Waals surface area contributed by atoms with E-state index in [1.54, 1.807) is 7.11 Å². The van der Waals surface area contributed by atoms with E-state index in [-0.39, 0.29) is 0 Å². The van der Waals surface area contributed by atoms with Crippen molar-refractivity contribution in [3.05, 3.63) is 65.9 Å². The summed E-state index contributed by atoms with van der Waals surface area (Å²) in [6, 6.07) is 18.3. The summed E-state index contributed by atoms with van der Waals surface area (Å²) in [6.45, 7) is 2.92. The van der Waals surface area contributed by atoms with Crippen LogP contribution in [0.1, 0.15) is 17.7 Å². The molecule has 5 nitrogen and oxygen atoms in total. The van der Waals surface area contributed by atoms with Gasteiger partial charge in [0, 0.05) is 24.0 Å². The zero-order chi connectivity index (χ0) is 17.9. The zero-order valence-electron chi connectivity index (χ0n) is 15.1. The highest BCUT2D eigenvalue weighted by Gasteiger charge is 2.20. The summed E-state index contributed by atoms with van der Waals surface area (Å²) in [5.74, 6) is 2.28. The molecule has 4 rings (SSSR count). The van der Waals surface area contributed by atoms with Crippen LogP contribution in [0.3, 0.4) is 0 Å². The van der Waals surface area contributed by atoms with Gasteiger partial charge in [0.15, 0.2) is 0 Å². The minimum Gasteiger partial charge on any atom is -0.495 e. The van der Waals surface area contributed by atoms with Gasteiger partial charge in [-0.3, -0.25) is 0 Å². The van der Waals surface area contributed by atoms with Crippen molar-refractivity contribution in [1.82, 2.24) is 9.97 Å². The number of para-hydroxylation sites is 3. The first-order valence-electron chi connectivity index (χ1n) is 8.86. The van der Waals surface area contributed by atoms with Crippen molar-refractivity contribution in [2.75, 3.05) is 23.9 Å². The lowest BCUT2D eigenvalue weighted by Gasteiger charge is -2.29. The normalized spacial score (nSPS) is 13.2. The Morgan fingerprint density at radius 3 is 2.73 bits per heavy atom. The lowest BCUT2D eigenvalue weighted by atomic mass is 10.0. The van der Waals surface area contributed by atoms with Crippen LogP contribution in [0, 0.1) is 6.92 Å². The topological polar surface area (TPSA) is 50.3 Å². The first-order valence-corrected chi connectivity index (χ1v) is 8.86. The third kappa shape index (κ3) is 3.20. The zero-order valence-corrected chi connectivity index (χ0v) is 15.1. The first-order chi connectivity index (χ1) is 12.7. The number of hydrogen-bond acceptors (Lipinski definition) is 5. The summed E-state index contributed by atoms with van der Waals surface area (Å²) in [7, 11) is 1.67. The molecule has 0 amide bonds. The van der Waals surface area contributed by atoms with E-state index in [4.69, 9.17) is 9.72 Å². The molecule has 1 aromatic heterocycles. The molecule has 1 aliphatic rings. The van der Waals surface area contributed by atoms with E-state index < -0.39 is 0 Å². The van der Waals surface area contributed by atoms with Crippen molar-refractivity contribution in [3.63, 3.8) is 0 Å².